The zero-order valence-corrected chi connectivity index (χ0v) is 8.59. The van der Waals surface area contributed by atoms with Gasteiger partial charge in [-0.15, -0.1) is 0 Å². The maximum absolute atomic E-state index is 11.3. The molecule has 0 aromatic rings. The van der Waals surface area contributed by atoms with Gasteiger partial charge in [-0.3, -0.25) is 4.79 Å². The van der Waals surface area contributed by atoms with Gasteiger partial charge in [-0.1, -0.05) is 0 Å². The second-order valence-corrected chi connectivity index (χ2v) is 3.95. The number of carbonyl (C=O) groups excluding carboxylic acids is 1. The van der Waals surface area contributed by atoms with Crippen LogP contribution in [-0.4, -0.2) is 41.9 Å². The summed E-state index contributed by atoms with van der Waals surface area (Å²) in [4.78, 5) is 13.1. The van der Waals surface area contributed by atoms with Crippen molar-refractivity contribution in [2.45, 2.75) is 19.4 Å². The normalized spacial score (nSPS) is 22.4. The molecule has 70 valence electrons. The van der Waals surface area contributed by atoms with Crippen LogP contribution in [0.3, 0.4) is 0 Å². The number of amides is 1. The SMILES string of the molecule is CC1(C)CN(C(=O)C[SH2+])CCO1. The molecule has 0 unspecified atom stereocenters. The molecule has 0 radical (unpaired) electrons. The Morgan fingerprint density at radius 2 is 2.33 bits per heavy atom. The summed E-state index contributed by atoms with van der Waals surface area (Å²) in [5.74, 6) is 0.541. The minimum Gasteiger partial charge on any atom is -0.372 e. The number of rotatable bonds is 1. The summed E-state index contributed by atoms with van der Waals surface area (Å²) in [6.45, 7) is 6.05. The van der Waals surface area contributed by atoms with Gasteiger partial charge in [0.25, 0.3) is 5.91 Å². The Morgan fingerprint density at radius 1 is 1.67 bits per heavy atom. The van der Waals surface area contributed by atoms with Crippen LogP contribution in [0.1, 0.15) is 13.8 Å². The van der Waals surface area contributed by atoms with Crippen LogP contribution in [0.15, 0.2) is 0 Å². The minimum atomic E-state index is -0.185. The second-order valence-electron chi connectivity index (χ2n) is 3.60. The predicted molar refractivity (Wildman–Crippen MR) is 51.6 cm³/mol. The van der Waals surface area contributed by atoms with Crippen LogP contribution < -0.4 is 0 Å². The summed E-state index contributed by atoms with van der Waals surface area (Å²) in [5, 5.41) is 0. The van der Waals surface area contributed by atoms with Crippen molar-refractivity contribution in [1.29, 1.82) is 0 Å². The highest BCUT2D eigenvalue weighted by atomic mass is 32.1. The molecule has 0 aromatic carbocycles. The van der Waals surface area contributed by atoms with Gasteiger partial charge in [-0.05, 0) is 26.5 Å². The maximum atomic E-state index is 11.3. The monoisotopic (exact) mass is 190 g/mol. The van der Waals surface area contributed by atoms with Gasteiger partial charge in [-0.2, -0.15) is 0 Å². The minimum absolute atomic E-state index is 0.142. The lowest BCUT2D eigenvalue weighted by Gasteiger charge is -2.37. The molecule has 1 amide bonds. The molecule has 0 aliphatic carbocycles. The molecule has 1 saturated heterocycles. The topological polar surface area (TPSA) is 29.5 Å². The Morgan fingerprint density at radius 3 is 2.83 bits per heavy atom. The van der Waals surface area contributed by atoms with Crippen LogP contribution in [0.25, 0.3) is 0 Å². The highest BCUT2D eigenvalue weighted by Crippen LogP contribution is 2.15. The van der Waals surface area contributed by atoms with Crippen LogP contribution >= 0.6 is 0 Å². The fraction of sp³-hybridized carbons (Fsp3) is 0.875. The van der Waals surface area contributed by atoms with E-state index in [4.69, 9.17) is 4.74 Å². The van der Waals surface area contributed by atoms with E-state index in [1.54, 1.807) is 0 Å². The number of hydrogen-bond donors (Lipinski definition) is 0. The van der Waals surface area contributed by atoms with Gasteiger partial charge in [0.2, 0.25) is 0 Å². The molecular formula is C8H16NO2S+. The zero-order chi connectivity index (χ0) is 9.19. The molecule has 0 atom stereocenters. The van der Waals surface area contributed by atoms with Gasteiger partial charge < -0.3 is 9.64 Å². The molecule has 1 aliphatic heterocycles. The van der Waals surface area contributed by atoms with Crippen molar-refractivity contribution in [2.24, 2.45) is 0 Å². The Labute approximate surface area is 78.5 Å². The lowest BCUT2D eigenvalue weighted by atomic mass is 10.1. The van der Waals surface area contributed by atoms with Gasteiger partial charge >= 0.3 is 0 Å². The van der Waals surface area contributed by atoms with Crippen LogP contribution in [0.5, 0.6) is 0 Å². The van der Waals surface area contributed by atoms with Crippen molar-refractivity contribution >= 4 is 18.5 Å². The van der Waals surface area contributed by atoms with Crippen molar-refractivity contribution in [2.75, 3.05) is 25.4 Å². The lowest BCUT2D eigenvalue weighted by Crippen LogP contribution is -2.51. The molecule has 0 aromatic heterocycles. The summed E-state index contributed by atoms with van der Waals surface area (Å²) >= 11 is 3.20. The van der Waals surface area contributed by atoms with E-state index < -0.39 is 0 Å². The first kappa shape index (κ1) is 9.86. The van der Waals surface area contributed by atoms with Gasteiger partial charge in [0.05, 0.1) is 12.2 Å². The standard InChI is InChI=1S/C8H15NO2S/c1-8(2)6-9(3-4-11-8)7(10)5-12/h12H,3-6H2,1-2H3/p+1. The largest absolute Gasteiger partial charge is 0.372 e. The quantitative estimate of drug-likeness (QED) is 0.528. The van der Waals surface area contributed by atoms with E-state index in [9.17, 15) is 4.79 Å². The summed E-state index contributed by atoms with van der Waals surface area (Å²) in [6.07, 6.45) is 0. The molecule has 0 N–H and O–H groups in total. The Kier molecular flexibility index (Phi) is 3.01. The fourth-order valence-electron chi connectivity index (χ4n) is 1.34. The lowest BCUT2D eigenvalue weighted by molar-refractivity contribution is -0.143. The van der Waals surface area contributed by atoms with Gasteiger partial charge in [0, 0.05) is 13.1 Å². The van der Waals surface area contributed by atoms with Gasteiger partial charge in [-0.25, -0.2) is 0 Å². The first-order valence-electron chi connectivity index (χ1n) is 4.11. The zero-order valence-electron chi connectivity index (χ0n) is 7.59. The third-order valence-corrected chi connectivity index (χ3v) is 2.23. The van der Waals surface area contributed by atoms with Gasteiger partial charge in [0.15, 0.2) is 5.75 Å². The number of ether oxygens (including phenoxy) is 1. The number of hydrogen-bond acceptors (Lipinski definition) is 2. The van der Waals surface area contributed by atoms with E-state index in [2.05, 4.69) is 12.6 Å². The van der Waals surface area contributed by atoms with Crippen LogP contribution in [0.4, 0.5) is 0 Å². The molecule has 3 nitrogen and oxygen atoms in total. The Hall–Kier alpha value is -0.220. The molecule has 1 aliphatic rings. The van der Waals surface area contributed by atoms with E-state index in [1.807, 2.05) is 18.7 Å². The number of morpholine rings is 1. The van der Waals surface area contributed by atoms with E-state index in [-0.39, 0.29) is 11.5 Å². The summed E-state index contributed by atoms with van der Waals surface area (Å²) in [7, 11) is 0. The molecule has 12 heavy (non-hydrogen) atoms. The van der Waals surface area contributed by atoms with Crippen LogP contribution in [-0.2, 0) is 22.2 Å². The average Bonchev–Trinajstić information content (AvgIpc) is 2.01. The van der Waals surface area contributed by atoms with E-state index in [1.165, 1.54) is 0 Å². The van der Waals surface area contributed by atoms with Crippen molar-refractivity contribution in [3.8, 4) is 0 Å². The third kappa shape index (κ3) is 2.38. The van der Waals surface area contributed by atoms with E-state index in [0.29, 0.717) is 25.4 Å². The van der Waals surface area contributed by atoms with E-state index >= 15 is 0 Å². The number of carbonyl (C=O) groups is 1. The molecule has 4 heteroatoms. The molecule has 0 spiro atoms. The smallest absolute Gasteiger partial charge is 0.272 e. The summed E-state index contributed by atoms with van der Waals surface area (Å²) < 4.78 is 5.48. The van der Waals surface area contributed by atoms with Crippen molar-refractivity contribution < 1.29 is 9.53 Å². The Balaban J connectivity index is 2.52. The van der Waals surface area contributed by atoms with Crippen LogP contribution in [0, 0.1) is 0 Å². The first-order valence-corrected chi connectivity index (χ1v) is 4.82. The molecule has 1 heterocycles. The van der Waals surface area contributed by atoms with Gasteiger partial charge in [0.1, 0.15) is 0 Å². The fourth-order valence-corrected chi connectivity index (χ4v) is 1.56. The highest BCUT2D eigenvalue weighted by Gasteiger charge is 2.29. The highest BCUT2D eigenvalue weighted by molar-refractivity contribution is 7.59. The van der Waals surface area contributed by atoms with E-state index in [0.717, 1.165) is 0 Å². The third-order valence-electron chi connectivity index (χ3n) is 1.93. The van der Waals surface area contributed by atoms with Crippen LogP contribution in [0.2, 0.25) is 0 Å². The molecule has 0 bridgehead atoms. The second kappa shape index (κ2) is 3.66. The predicted octanol–water partition coefficient (Wildman–Crippen LogP) is -0.365. The van der Waals surface area contributed by atoms with Crippen molar-refractivity contribution in [1.82, 2.24) is 4.90 Å². The molecule has 1 rings (SSSR count). The summed E-state index contributed by atoms with van der Waals surface area (Å²) in [5.41, 5.74) is -0.185. The first-order chi connectivity index (χ1) is 5.55. The molecular weight excluding hydrogens is 174 g/mol. The molecule has 1 fully saturated rings. The Bertz CT molecular complexity index is 182. The molecule has 0 saturated carbocycles. The average molecular weight is 190 g/mol. The maximum Gasteiger partial charge on any atom is 0.272 e. The number of nitrogens with zero attached hydrogens (tertiary/aromatic N) is 1. The summed E-state index contributed by atoms with van der Waals surface area (Å²) in [6, 6.07) is 0. The van der Waals surface area contributed by atoms with Crippen molar-refractivity contribution in [3.05, 3.63) is 0 Å². The van der Waals surface area contributed by atoms with Crippen molar-refractivity contribution in [3.63, 3.8) is 0 Å².